The van der Waals surface area contributed by atoms with E-state index in [1.165, 1.54) is 0 Å². The maximum Gasteiger partial charge on any atom is 0.408 e. The molecule has 1 aliphatic heterocycles. The number of nitrogens with one attached hydrogen (secondary N) is 1. The summed E-state index contributed by atoms with van der Waals surface area (Å²) in [6.07, 6.45) is 1.70. The van der Waals surface area contributed by atoms with E-state index < -0.39 is 17.7 Å². The summed E-state index contributed by atoms with van der Waals surface area (Å²) < 4.78 is 5.36. The van der Waals surface area contributed by atoms with Gasteiger partial charge in [0.1, 0.15) is 11.6 Å². The van der Waals surface area contributed by atoms with Crippen LogP contribution >= 0.6 is 12.4 Å². The lowest BCUT2D eigenvalue weighted by molar-refractivity contribution is -0.134. The number of hydrogen-bond donors (Lipinski definition) is 3. The predicted octanol–water partition coefficient (Wildman–Crippen LogP) is 2.71. The SMILES string of the molecule is CC1CCN(C(=O)[C@H](Cc2ccc(N=C(N)N)cc2)NC(=O)OC(C)(C)C)CC1.Cl. The molecule has 1 atom stereocenters. The number of halogens is 1. The van der Waals surface area contributed by atoms with Crippen molar-refractivity contribution >= 4 is 36.1 Å². The molecule has 1 heterocycles. The van der Waals surface area contributed by atoms with Crippen LogP contribution in [0.2, 0.25) is 0 Å². The first-order valence-electron chi connectivity index (χ1n) is 10.0. The van der Waals surface area contributed by atoms with Gasteiger partial charge in [0.25, 0.3) is 0 Å². The molecule has 0 bridgehead atoms. The number of alkyl carbamates (subject to hydrolysis) is 1. The fourth-order valence-corrected chi connectivity index (χ4v) is 3.19. The Morgan fingerprint density at radius 3 is 2.27 bits per heavy atom. The van der Waals surface area contributed by atoms with E-state index in [1.807, 2.05) is 17.0 Å². The van der Waals surface area contributed by atoms with E-state index in [0.29, 0.717) is 31.1 Å². The molecule has 1 saturated heterocycles. The average Bonchev–Trinajstić information content (AvgIpc) is 2.61. The maximum absolute atomic E-state index is 13.1. The molecule has 1 aliphatic rings. The number of piperidine rings is 1. The second-order valence-electron chi connectivity index (χ2n) is 8.61. The minimum absolute atomic E-state index is 0. The predicted molar refractivity (Wildman–Crippen MR) is 121 cm³/mol. The summed E-state index contributed by atoms with van der Waals surface area (Å²) in [5.41, 5.74) is 11.7. The summed E-state index contributed by atoms with van der Waals surface area (Å²) in [6.45, 7) is 8.97. The van der Waals surface area contributed by atoms with E-state index in [4.69, 9.17) is 16.2 Å². The number of amides is 2. The lowest BCUT2D eigenvalue weighted by Crippen LogP contribution is -2.52. The van der Waals surface area contributed by atoms with Crippen molar-refractivity contribution in [3.8, 4) is 0 Å². The molecule has 0 unspecified atom stereocenters. The smallest absolute Gasteiger partial charge is 0.408 e. The third-order valence-electron chi connectivity index (χ3n) is 4.72. The van der Waals surface area contributed by atoms with Crippen LogP contribution < -0.4 is 16.8 Å². The minimum atomic E-state index is -0.702. The van der Waals surface area contributed by atoms with Crippen molar-refractivity contribution in [3.63, 3.8) is 0 Å². The minimum Gasteiger partial charge on any atom is -0.444 e. The number of hydrogen-bond acceptors (Lipinski definition) is 4. The fraction of sp³-hybridized carbons (Fsp3) is 0.571. The summed E-state index contributed by atoms with van der Waals surface area (Å²) in [5.74, 6) is 0.507. The van der Waals surface area contributed by atoms with E-state index in [-0.39, 0.29) is 24.3 Å². The van der Waals surface area contributed by atoms with Gasteiger partial charge in [0, 0.05) is 19.5 Å². The molecular weight excluding hydrogens is 406 g/mol. The molecule has 0 aliphatic carbocycles. The standard InChI is InChI=1S/C21H33N5O3.ClH/c1-14-9-11-26(12-10-14)18(27)17(25-20(28)29-21(2,3)4)13-15-5-7-16(8-6-15)24-19(22)23;/h5-8,14,17H,9-13H2,1-4H3,(H,25,28)(H4,22,23,24);1H/t17-;/m0./s1. The number of guanidine groups is 1. The molecule has 0 aromatic heterocycles. The van der Waals surface area contributed by atoms with Gasteiger partial charge < -0.3 is 26.4 Å². The number of likely N-dealkylation sites (tertiary alicyclic amines) is 1. The number of nitrogens with two attached hydrogens (primary N) is 2. The molecule has 0 spiro atoms. The Morgan fingerprint density at radius 2 is 1.77 bits per heavy atom. The molecule has 0 saturated carbocycles. The van der Waals surface area contributed by atoms with Crippen molar-refractivity contribution in [1.82, 2.24) is 10.2 Å². The quantitative estimate of drug-likeness (QED) is 0.480. The Hall–Kier alpha value is -2.48. The van der Waals surface area contributed by atoms with Crippen LogP contribution in [0.15, 0.2) is 29.3 Å². The van der Waals surface area contributed by atoms with Gasteiger partial charge in [0.15, 0.2) is 5.96 Å². The lowest BCUT2D eigenvalue weighted by Gasteiger charge is -2.33. The fourth-order valence-electron chi connectivity index (χ4n) is 3.19. The van der Waals surface area contributed by atoms with Crippen molar-refractivity contribution < 1.29 is 14.3 Å². The van der Waals surface area contributed by atoms with Crippen LogP contribution in [0.25, 0.3) is 0 Å². The van der Waals surface area contributed by atoms with Crippen LogP contribution in [-0.4, -0.2) is 47.6 Å². The van der Waals surface area contributed by atoms with Crippen LogP contribution in [0.1, 0.15) is 46.1 Å². The van der Waals surface area contributed by atoms with E-state index in [1.54, 1.807) is 32.9 Å². The normalized spacial score (nSPS) is 15.5. The van der Waals surface area contributed by atoms with E-state index in [0.717, 1.165) is 18.4 Å². The van der Waals surface area contributed by atoms with E-state index in [9.17, 15) is 9.59 Å². The highest BCUT2D eigenvalue weighted by Crippen LogP contribution is 2.19. The molecule has 168 valence electrons. The lowest BCUT2D eigenvalue weighted by atomic mass is 9.97. The molecule has 8 nitrogen and oxygen atoms in total. The Kier molecular flexibility index (Phi) is 9.42. The molecule has 1 aromatic carbocycles. The first kappa shape index (κ1) is 25.6. The first-order valence-corrected chi connectivity index (χ1v) is 10.0. The van der Waals surface area contributed by atoms with Crippen LogP contribution in [0.4, 0.5) is 10.5 Å². The van der Waals surface area contributed by atoms with Gasteiger partial charge in [-0.15, -0.1) is 12.4 Å². The van der Waals surface area contributed by atoms with Crippen molar-refractivity contribution in [3.05, 3.63) is 29.8 Å². The Morgan fingerprint density at radius 1 is 1.20 bits per heavy atom. The molecule has 9 heteroatoms. The Bertz CT molecular complexity index is 734. The number of ether oxygens (including phenoxy) is 1. The Balaban J connectivity index is 0.00000450. The number of rotatable bonds is 5. The summed E-state index contributed by atoms with van der Waals surface area (Å²) >= 11 is 0. The zero-order chi connectivity index (χ0) is 21.6. The highest BCUT2D eigenvalue weighted by molar-refractivity contribution is 5.86. The van der Waals surface area contributed by atoms with E-state index >= 15 is 0 Å². The van der Waals surface area contributed by atoms with Crippen molar-refractivity contribution in [1.29, 1.82) is 0 Å². The van der Waals surface area contributed by atoms with Crippen molar-refractivity contribution in [2.75, 3.05) is 13.1 Å². The molecular formula is C21H34ClN5O3. The Labute approximate surface area is 184 Å². The largest absolute Gasteiger partial charge is 0.444 e. The molecule has 30 heavy (non-hydrogen) atoms. The first-order chi connectivity index (χ1) is 13.5. The summed E-state index contributed by atoms with van der Waals surface area (Å²) in [4.78, 5) is 31.3. The van der Waals surface area contributed by atoms with Crippen molar-refractivity contribution in [2.24, 2.45) is 22.4 Å². The summed E-state index contributed by atoms with van der Waals surface area (Å²) in [7, 11) is 0. The van der Waals surface area contributed by atoms with Gasteiger partial charge in [-0.25, -0.2) is 9.79 Å². The molecule has 0 radical (unpaired) electrons. The zero-order valence-corrected chi connectivity index (χ0v) is 19.0. The van der Waals surface area contributed by atoms with Gasteiger partial charge in [-0.05, 0) is 57.2 Å². The monoisotopic (exact) mass is 439 g/mol. The van der Waals surface area contributed by atoms with Crippen LogP contribution in [0, 0.1) is 5.92 Å². The summed E-state index contributed by atoms with van der Waals surface area (Å²) in [6, 6.07) is 6.53. The molecule has 2 amide bonds. The van der Waals surface area contributed by atoms with E-state index in [2.05, 4.69) is 17.2 Å². The maximum atomic E-state index is 13.1. The average molecular weight is 440 g/mol. The number of benzene rings is 1. The highest BCUT2D eigenvalue weighted by atomic mass is 35.5. The molecule has 1 aromatic rings. The second-order valence-corrected chi connectivity index (χ2v) is 8.61. The highest BCUT2D eigenvalue weighted by Gasteiger charge is 2.30. The number of nitrogens with zero attached hydrogens (tertiary/aromatic N) is 2. The van der Waals surface area contributed by atoms with Gasteiger partial charge in [-0.3, -0.25) is 4.79 Å². The second kappa shape index (κ2) is 11.1. The van der Waals surface area contributed by atoms with Gasteiger partial charge in [0.05, 0.1) is 5.69 Å². The van der Waals surface area contributed by atoms with Gasteiger partial charge in [-0.1, -0.05) is 19.1 Å². The molecule has 5 N–H and O–H groups in total. The van der Waals surface area contributed by atoms with Crippen LogP contribution in [0.5, 0.6) is 0 Å². The van der Waals surface area contributed by atoms with Gasteiger partial charge in [0.2, 0.25) is 5.91 Å². The third kappa shape index (κ3) is 8.49. The number of carbonyl (C=O) groups excluding carboxylic acids is 2. The van der Waals surface area contributed by atoms with Gasteiger partial charge in [-0.2, -0.15) is 0 Å². The summed E-state index contributed by atoms with van der Waals surface area (Å²) in [5, 5.41) is 2.76. The van der Waals surface area contributed by atoms with Crippen molar-refractivity contribution in [2.45, 2.75) is 58.6 Å². The third-order valence-corrected chi connectivity index (χ3v) is 4.72. The molecule has 2 rings (SSSR count). The topological polar surface area (TPSA) is 123 Å². The number of carbonyl (C=O) groups is 2. The number of aliphatic imine (C=N–C) groups is 1. The zero-order valence-electron chi connectivity index (χ0n) is 18.2. The molecule has 1 fully saturated rings. The van der Waals surface area contributed by atoms with Gasteiger partial charge >= 0.3 is 6.09 Å². The van der Waals surface area contributed by atoms with Crippen LogP contribution in [-0.2, 0) is 16.0 Å². The van der Waals surface area contributed by atoms with Crippen LogP contribution in [0.3, 0.4) is 0 Å².